The van der Waals surface area contributed by atoms with Crippen molar-refractivity contribution in [2.45, 2.75) is 70.0 Å². The van der Waals surface area contributed by atoms with Crippen LogP contribution in [0.25, 0.3) is 0 Å². The average molecular weight is 441 g/mol. The van der Waals surface area contributed by atoms with Gasteiger partial charge in [-0.25, -0.2) is 13.2 Å². The van der Waals surface area contributed by atoms with Crippen LogP contribution in [0.4, 0.5) is 4.79 Å². The zero-order valence-corrected chi connectivity index (χ0v) is 19.9. The molecule has 0 spiro atoms. The summed E-state index contributed by atoms with van der Waals surface area (Å²) in [5, 5.41) is 9.12. The largest absolute Gasteiger partial charge is 0.444 e. The predicted molar refractivity (Wildman–Crippen MR) is 121 cm³/mol. The van der Waals surface area contributed by atoms with Gasteiger partial charge in [0.25, 0.3) is 0 Å². The molecule has 0 aliphatic rings. The van der Waals surface area contributed by atoms with E-state index in [-0.39, 0.29) is 11.8 Å². The van der Waals surface area contributed by atoms with Gasteiger partial charge in [-0.05, 0) is 53.2 Å². The molecule has 0 aliphatic heterocycles. The fourth-order valence-electron chi connectivity index (χ4n) is 2.57. The van der Waals surface area contributed by atoms with Crippen molar-refractivity contribution in [3.05, 3.63) is 30.3 Å². The highest BCUT2D eigenvalue weighted by atomic mass is 32.2. The lowest BCUT2D eigenvalue weighted by atomic mass is 10.1. The second-order valence-corrected chi connectivity index (χ2v) is 10.8. The van der Waals surface area contributed by atoms with Crippen LogP contribution in [0.2, 0.25) is 0 Å². The Morgan fingerprint density at radius 2 is 1.73 bits per heavy atom. The number of amides is 1. The lowest BCUT2D eigenvalue weighted by molar-refractivity contribution is 0.0474. The van der Waals surface area contributed by atoms with E-state index in [0.717, 1.165) is 0 Å². The maximum Gasteiger partial charge on any atom is 0.408 e. The summed E-state index contributed by atoms with van der Waals surface area (Å²) in [5.74, 6) is 0.414. The summed E-state index contributed by atoms with van der Waals surface area (Å²) in [6.07, 6.45) is 0.101. The summed E-state index contributed by atoms with van der Waals surface area (Å²) in [7, 11) is -1.81. The zero-order valence-electron chi connectivity index (χ0n) is 19.1. The molecule has 3 N–H and O–H groups in total. The fourth-order valence-corrected chi connectivity index (χ4v) is 4.18. The van der Waals surface area contributed by atoms with Crippen molar-refractivity contribution in [2.75, 3.05) is 19.3 Å². The zero-order chi connectivity index (χ0) is 23.0. The minimum Gasteiger partial charge on any atom is -0.444 e. The van der Waals surface area contributed by atoms with Crippen molar-refractivity contribution in [3.8, 4) is 0 Å². The normalized spacial score (nSPS) is 14.0. The number of hydrogen-bond donors (Lipinski definition) is 3. The van der Waals surface area contributed by atoms with Gasteiger partial charge in [0.15, 0.2) is 15.8 Å². The first-order valence-corrected chi connectivity index (χ1v) is 11.7. The number of alkyl carbamates (subject to hydrolysis) is 1. The highest BCUT2D eigenvalue weighted by molar-refractivity contribution is 7.91. The lowest BCUT2D eigenvalue weighted by Crippen LogP contribution is -2.55. The van der Waals surface area contributed by atoms with E-state index in [4.69, 9.17) is 4.74 Å². The molecule has 0 saturated heterocycles. The monoisotopic (exact) mass is 440 g/mol. The Balaban J connectivity index is 2.68. The third kappa shape index (κ3) is 9.47. The minimum atomic E-state index is -3.42. The van der Waals surface area contributed by atoms with Gasteiger partial charge in [0, 0.05) is 19.6 Å². The van der Waals surface area contributed by atoms with Crippen molar-refractivity contribution < 1.29 is 17.9 Å². The molecule has 170 valence electrons. The van der Waals surface area contributed by atoms with Gasteiger partial charge in [-0.3, -0.25) is 4.99 Å². The van der Waals surface area contributed by atoms with Gasteiger partial charge in [-0.15, -0.1) is 0 Å². The third-order valence-corrected chi connectivity index (χ3v) is 5.95. The molecule has 1 atom stereocenters. The van der Waals surface area contributed by atoms with E-state index >= 15 is 0 Å². The highest BCUT2D eigenvalue weighted by Crippen LogP contribution is 2.13. The van der Waals surface area contributed by atoms with Crippen LogP contribution in [0.1, 0.15) is 48.0 Å². The number of sulfone groups is 1. The van der Waals surface area contributed by atoms with Gasteiger partial charge in [-0.2, -0.15) is 0 Å². The van der Waals surface area contributed by atoms with Crippen LogP contribution in [-0.4, -0.2) is 57.0 Å². The summed E-state index contributed by atoms with van der Waals surface area (Å²) >= 11 is 0. The Hall–Kier alpha value is -2.29. The maximum absolute atomic E-state index is 12.7. The molecule has 1 unspecified atom stereocenters. The van der Waals surface area contributed by atoms with E-state index in [0.29, 0.717) is 23.8 Å². The molecule has 9 heteroatoms. The first-order valence-electron chi connectivity index (χ1n) is 10.0. The minimum absolute atomic E-state index is 0.0479. The topological polar surface area (TPSA) is 109 Å². The summed E-state index contributed by atoms with van der Waals surface area (Å²) in [5.41, 5.74) is -1.19. The van der Waals surface area contributed by atoms with Crippen LogP contribution in [0, 0.1) is 0 Å². The van der Waals surface area contributed by atoms with Gasteiger partial charge < -0.3 is 20.7 Å². The number of aliphatic imine (C=N–C) groups is 1. The average Bonchev–Trinajstić information content (AvgIpc) is 2.62. The Morgan fingerprint density at radius 1 is 1.13 bits per heavy atom. The van der Waals surface area contributed by atoms with E-state index in [9.17, 15) is 13.2 Å². The maximum atomic E-state index is 12.7. The molecule has 1 amide bonds. The van der Waals surface area contributed by atoms with Gasteiger partial charge in [0.05, 0.1) is 16.2 Å². The molecule has 0 radical (unpaired) electrons. The molecule has 0 heterocycles. The predicted octanol–water partition coefficient (Wildman–Crippen LogP) is 2.71. The van der Waals surface area contributed by atoms with Crippen LogP contribution < -0.4 is 16.0 Å². The van der Waals surface area contributed by atoms with E-state index in [1.807, 2.05) is 20.8 Å². The molecular formula is C21H36N4O4S. The number of nitrogens with one attached hydrogen (secondary N) is 3. The number of guanidine groups is 1. The van der Waals surface area contributed by atoms with Gasteiger partial charge in [0.2, 0.25) is 0 Å². The lowest BCUT2D eigenvalue weighted by Gasteiger charge is -2.30. The third-order valence-electron chi connectivity index (χ3n) is 4.12. The second-order valence-electron chi connectivity index (χ2n) is 8.78. The molecule has 0 fully saturated rings. The molecule has 0 aromatic heterocycles. The molecule has 0 saturated carbocycles. The summed E-state index contributed by atoms with van der Waals surface area (Å²) < 4.78 is 30.6. The first-order chi connectivity index (χ1) is 13.8. The van der Waals surface area contributed by atoms with Crippen LogP contribution in [0.3, 0.4) is 0 Å². The SMILES string of the molecule is CCC(CS(=O)(=O)c1ccccc1)NC(=NC)NCC(C)(C)NC(=O)OC(C)(C)C. The molecule has 1 rings (SSSR count). The van der Waals surface area contributed by atoms with Crippen molar-refractivity contribution in [1.29, 1.82) is 0 Å². The number of nitrogens with zero attached hydrogens (tertiary/aromatic N) is 1. The van der Waals surface area contributed by atoms with Crippen molar-refractivity contribution in [2.24, 2.45) is 4.99 Å². The molecular weight excluding hydrogens is 404 g/mol. The molecule has 1 aromatic rings. The number of ether oxygens (including phenoxy) is 1. The van der Waals surface area contributed by atoms with Crippen molar-refractivity contribution >= 4 is 21.9 Å². The van der Waals surface area contributed by atoms with Crippen LogP contribution in [-0.2, 0) is 14.6 Å². The number of hydrogen-bond acceptors (Lipinski definition) is 5. The Morgan fingerprint density at radius 3 is 2.23 bits per heavy atom. The Bertz CT molecular complexity index is 815. The Labute approximate surface area is 180 Å². The summed E-state index contributed by atoms with van der Waals surface area (Å²) in [6, 6.07) is 8.08. The van der Waals surface area contributed by atoms with Crippen LogP contribution in [0.5, 0.6) is 0 Å². The second kappa shape index (κ2) is 10.7. The number of benzene rings is 1. The fraction of sp³-hybridized carbons (Fsp3) is 0.619. The quantitative estimate of drug-likeness (QED) is 0.424. The highest BCUT2D eigenvalue weighted by Gasteiger charge is 2.26. The van der Waals surface area contributed by atoms with Crippen molar-refractivity contribution in [1.82, 2.24) is 16.0 Å². The summed E-state index contributed by atoms with van der Waals surface area (Å²) in [6.45, 7) is 11.4. The van der Waals surface area contributed by atoms with Gasteiger partial charge in [0.1, 0.15) is 5.60 Å². The summed E-state index contributed by atoms with van der Waals surface area (Å²) in [4.78, 5) is 16.5. The molecule has 30 heavy (non-hydrogen) atoms. The van der Waals surface area contributed by atoms with Gasteiger partial charge in [-0.1, -0.05) is 25.1 Å². The van der Waals surface area contributed by atoms with E-state index in [1.54, 1.807) is 58.2 Å². The standard InChI is InChI=1S/C21H36N4O4S/c1-8-16(14-30(27,28)17-12-10-9-11-13-17)24-18(22-7)23-15-21(5,6)25-19(26)29-20(2,3)4/h9-13,16H,8,14-15H2,1-7H3,(H,25,26)(H2,22,23,24). The number of carbonyl (C=O) groups excluding carboxylic acids is 1. The van der Waals surface area contributed by atoms with E-state index in [1.165, 1.54) is 0 Å². The molecule has 1 aromatic carbocycles. The molecule has 0 aliphatic carbocycles. The molecule has 0 bridgehead atoms. The van der Waals surface area contributed by atoms with Crippen molar-refractivity contribution in [3.63, 3.8) is 0 Å². The number of rotatable bonds is 8. The van der Waals surface area contributed by atoms with Crippen LogP contribution in [0.15, 0.2) is 40.2 Å². The first kappa shape index (κ1) is 25.7. The smallest absolute Gasteiger partial charge is 0.408 e. The van der Waals surface area contributed by atoms with E-state index in [2.05, 4.69) is 20.9 Å². The molecule has 8 nitrogen and oxygen atoms in total. The van der Waals surface area contributed by atoms with Gasteiger partial charge >= 0.3 is 6.09 Å². The Kier molecular flexibility index (Phi) is 9.14. The number of carbonyl (C=O) groups is 1. The van der Waals surface area contributed by atoms with Crippen LogP contribution >= 0.6 is 0 Å². The van der Waals surface area contributed by atoms with E-state index < -0.39 is 27.1 Å².